The number of hydrogen-bond acceptors (Lipinski definition) is 4. The third-order valence-corrected chi connectivity index (χ3v) is 1.90. The fourth-order valence-electron chi connectivity index (χ4n) is 0.537. The molecule has 0 saturated heterocycles. The van der Waals surface area contributed by atoms with Gasteiger partial charge in [-0.3, -0.25) is 4.79 Å². The van der Waals surface area contributed by atoms with Gasteiger partial charge in [0.05, 0.1) is 12.9 Å². The van der Waals surface area contributed by atoms with Crippen molar-refractivity contribution in [1.29, 1.82) is 0 Å². The minimum Gasteiger partial charge on any atom is -0.501 e. The van der Waals surface area contributed by atoms with Crippen LogP contribution >= 0.6 is 11.8 Å². The van der Waals surface area contributed by atoms with E-state index in [4.69, 9.17) is 5.11 Å². The Bertz CT molecular complexity index is 173. The van der Waals surface area contributed by atoms with Crippen LogP contribution in [0.1, 0.15) is 0 Å². The van der Waals surface area contributed by atoms with Crippen molar-refractivity contribution in [3.05, 3.63) is 11.5 Å². The molecule has 4 heteroatoms. The van der Waals surface area contributed by atoms with Crippen molar-refractivity contribution < 1.29 is 14.6 Å². The summed E-state index contributed by atoms with van der Waals surface area (Å²) in [5.41, 5.74) is 0. The topological polar surface area (TPSA) is 46.5 Å². The number of aliphatic hydroxyl groups excluding tert-OH is 1. The van der Waals surface area contributed by atoms with Gasteiger partial charge in [0.15, 0.2) is 5.76 Å². The highest BCUT2D eigenvalue weighted by molar-refractivity contribution is 8.14. The molecule has 0 fully saturated rings. The van der Waals surface area contributed by atoms with Gasteiger partial charge in [0.1, 0.15) is 0 Å². The number of carbonyl (C=O) groups excluding carboxylic acids is 1. The summed E-state index contributed by atoms with van der Waals surface area (Å²) in [4.78, 5) is 10.5. The highest BCUT2D eigenvalue weighted by Crippen LogP contribution is 2.24. The first-order chi connectivity index (χ1) is 4.25. The summed E-state index contributed by atoms with van der Waals surface area (Å²) in [5, 5.41) is 8.54. The molecule has 50 valence electrons. The number of rotatable bonds is 1. The van der Waals surface area contributed by atoms with E-state index in [1.807, 2.05) is 0 Å². The molecule has 0 aromatic rings. The molecule has 0 radical (unpaired) electrons. The van der Waals surface area contributed by atoms with Crippen molar-refractivity contribution in [1.82, 2.24) is 0 Å². The van der Waals surface area contributed by atoms with Crippen molar-refractivity contribution in [2.24, 2.45) is 0 Å². The van der Waals surface area contributed by atoms with E-state index < -0.39 is 0 Å². The molecule has 0 amide bonds. The SMILES string of the molecule is COC1=C(O)C(=O)SC1. The average molecular weight is 146 g/mol. The fraction of sp³-hybridized carbons (Fsp3) is 0.400. The average Bonchev–Trinajstić information content (AvgIpc) is 2.15. The van der Waals surface area contributed by atoms with Gasteiger partial charge in [0.25, 0.3) is 5.12 Å². The molecule has 1 rings (SSSR count). The lowest BCUT2D eigenvalue weighted by Crippen LogP contribution is -1.92. The first-order valence-electron chi connectivity index (χ1n) is 2.39. The van der Waals surface area contributed by atoms with Crippen LogP contribution in [0.4, 0.5) is 0 Å². The molecule has 0 atom stereocenters. The number of methoxy groups -OCH3 is 1. The molecule has 1 aliphatic heterocycles. The zero-order chi connectivity index (χ0) is 6.85. The Balaban J connectivity index is 2.79. The standard InChI is InChI=1S/C5H6O3S/c1-8-3-2-9-5(7)4(3)6/h6H,2H2,1H3. The minimum atomic E-state index is -0.299. The summed E-state index contributed by atoms with van der Waals surface area (Å²) in [6.45, 7) is 0. The van der Waals surface area contributed by atoms with E-state index in [0.29, 0.717) is 11.5 Å². The van der Waals surface area contributed by atoms with Gasteiger partial charge in [-0.15, -0.1) is 0 Å². The molecular weight excluding hydrogens is 140 g/mol. The molecule has 0 aliphatic carbocycles. The van der Waals surface area contributed by atoms with E-state index in [1.54, 1.807) is 0 Å². The second-order valence-electron chi connectivity index (χ2n) is 1.55. The molecule has 1 aliphatic rings. The summed E-state index contributed by atoms with van der Waals surface area (Å²) >= 11 is 1.05. The molecule has 9 heavy (non-hydrogen) atoms. The molecule has 0 spiro atoms. The zero-order valence-corrected chi connectivity index (χ0v) is 5.70. The number of ether oxygens (including phenoxy) is 1. The smallest absolute Gasteiger partial charge is 0.257 e. The van der Waals surface area contributed by atoms with Crippen molar-refractivity contribution >= 4 is 16.9 Å². The van der Waals surface area contributed by atoms with Crippen LogP contribution in [0.5, 0.6) is 0 Å². The molecule has 0 bridgehead atoms. The second-order valence-corrected chi connectivity index (χ2v) is 2.50. The molecule has 1 heterocycles. The predicted molar refractivity (Wildman–Crippen MR) is 34.1 cm³/mol. The van der Waals surface area contributed by atoms with Crippen molar-refractivity contribution in [2.45, 2.75) is 0 Å². The maximum atomic E-state index is 10.5. The maximum Gasteiger partial charge on any atom is 0.257 e. The Hall–Kier alpha value is -0.640. The zero-order valence-electron chi connectivity index (χ0n) is 4.88. The summed E-state index contributed by atoms with van der Waals surface area (Å²) in [5.74, 6) is 0.605. The lowest BCUT2D eigenvalue weighted by Gasteiger charge is -1.94. The highest BCUT2D eigenvalue weighted by Gasteiger charge is 2.23. The van der Waals surface area contributed by atoms with Gasteiger partial charge in [-0.1, -0.05) is 11.8 Å². The normalized spacial score (nSPS) is 19.0. The van der Waals surface area contributed by atoms with Gasteiger partial charge < -0.3 is 9.84 Å². The van der Waals surface area contributed by atoms with Crippen LogP contribution in [-0.4, -0.2) is 23.1 Å². The fourth-order valence-corrected chi connectivity index (χ4v) is 1.30. The Kier molecular flexibility index (Phi) is 1.66. The van der Waals surface area contributed by atoms with Crippen molar-refractivity contribution in [3.63, 3.8) is 0 Å². The molecular formula is C5H6O3S. The Morgan fingerprint density at radius 2 is 2.44 bits per heavy atom. The summed E-state index contributed by atoms with van der Waals surface area (Å²) < 4.78 is 4.68. The molecule has 0 saturated carbocycles. The van der Waals surface area contributed by atoms with Gasteiger partial charge in [-0.05, 0) is 0 Å². The Morgan fingerprint density at radius 3 is 2.67 bits per heavy atom. The lowest BCUT2D eigenvalue weighted by molar-refractivity contribution is -0.110. The van der Waals surface area contributed by atoms with Gasteiger partial charge >= 0.3 is 0 Å². The second kappa shape index (κ2) is 2.31. The number of carbonyl (C=O) groups is 1. The molecule has 1 N–H and O–H groups in total. The molecule has 0 unspecified atom stereocenters. The quantitative estimate of drug-likeness (QED) is 0.590. The van der Waals surface area contributed by atoms with E-state index in [9.17, 15) is 4.79 Å². The van der Waals surface area contributed by atoms with E-state index in [1.165, 1.54) is 7.11 Å². The van der Waals surface area contributed by atoms with Gasteiger partial charge in [0, 0.05) is 0 Å². The van der Waals surface area contributed by atoms with E-state index in [0.717, 1.165) is 11.8 Å². The minimum absolute atomic E-state index is 0.234. The van der Waals surface area contributed by atoms with Crippen molar-refractivity contribution in [3.8, 4) is 0 Å². The summed E-state index contributed by atoms with van der Waals surface area (Å²) in [7, 11) is 1.44. The number of hydrogen-bond donors (Lipinski definition) is 1. The summed E-state index contributed by atoms with van der Waals surface area (Å²) in [6.07, 6.45) is 0. The Labute approximate surface area is 56.7 Å². The summed E-state index contributed by atoms with van der Waals surface area (Å²) in [6, 6.07) is 0. The van der Waals surface area contributed by atoms with E-state index in [-0.39, 0.29) is 10.9 Å². The van der Waals surface area contributed by atoms with Crippen LogP contribution in [0.25, 0.3) is 0 Å². The first-order valence-corrected chi connectivity index (χ1v) is 3.37. The lowest BCUT2D eigenvalue weighted by atomic mass is 10.5. The first kappa shape index (κ1) is 6.48. The maximum absolute atomic E-state index is 10.5. The van der Waals surface area contributed by atoms with Crippen LogP contribution in [-0.2, 0) is 9.53 Å². The van der Waals surface area contributed by atoms with E-state index in [2.05, 4.69) is 4.74 Å². The van der Waals surface area contributed by atoms with Gasteiger partial charge in [0.2, 0.25) is 5.76 Å². The van der Waals surface area contributed by atoms with Crippen LogP contribution in [0.2, 0.25) is 0 Å². The molecule has 3 nitrogen and oxygen atoms in total. The van der Waals surface area contributed by atoms with Crippen molar-refractivity contribution in [2.75, 3.05) is 12.9 Å². The van der Waals surface area contributed by atoms with Crippen LogP contribution in [0.3, 0.4) is 0 Å². The number of thioether (sulfide) groups is 1. The predicted octanol–water partition coefficient (Wildman–Crippen LogP) is 0.676. The van der Waals surface area contributed by atoms with Crippen LogP contribution in [0, 0.1) is 0 Å². The highest BCUT2D eigenvalue weighted by atomic mass is 32.2. The van der Waals surface area contributed by atoms with Crippen LogP contribution < -0.4 is 0 Å². The van der Waals surface area contributed by atoms with Gasteiger partial charge in [-0.2, -0.15) is 0 Å². The largest absolute Gasteiger partial charge is 0.501 e. The molecule has 0 aromatic carbocycles. The third-order valence-electron chi connectivity index (χ3n) is 1.04. The third kappa shape index (κ3) is 1.03. The molecule has 0 aromatic heterocycles. The number of aliphatic hydroxyl groups is 1. The van der Waals surface area contributed by atoms with E-state index >= 15 is 0 Å². The van der Waals surface area contributed by atoms with Crippen LogP contribution in [0.15, 0.2) is 11.5 Å². The monoisotopic (exact) mass is 146 g/mol. The Morgan fingerprint density at radius 1 is 1.78 bits per heavy atom. The van der Waals surface area contributed by atoms with Gasteiger partial charge in [-0.25, -0.2) is 0 Å².